The number of carbonyl (C=O) groups is 2. The Morgan fingerprint density at radius 3 is 2.52 bits per heavy atom. The Morgan fingerprint density at radius 2 is 2.10 bits per heavy atom. The molecule has 10 heteroatoms. The Bertz CT molecular complexity index is 392. The van der Waals surface area contributed by atoms with E-state index in [9.17, 15) is 30.0 Å². The molecule has 0 saturated carbocycles. The van der Waals surface area contributed by atoms with Gasteiger partial charge in [-0.1, -0.05) is 0 Å². The summed E-state index contributed by atoms with van der Waals surface area (Å²) in [7, 11) is 1.25. The van der Waals surface area contributed by atoms with Crippen molar-refractivity contribution in [2.45, 2.75) is 42.7 Å². The zero-order valence-corrected chi connectivity index (χ0v) is 11.2. The van der Waals surface area contributed by atoms with Gasteiger partial charge >= 0.3 is 5.97 Å². The van der Waals surface area contributed by atoms with Crippen molar-refractivity contribution in [2.75, 3.05) is 13.7 Å². The van der Waals surface area contributed by atoms with Gasteiger partial charge in [-0.25, -0.2) is 4.79 Å². The van der Waals surface area contributed by atoms with Crippen molar-refractivity contribution in [1.82, 2.24) is 4.90 Å². The second kappa shape index (κ2) is 6.64. The summed E-state index contributed by atoms with van der Waals surface area (Å²) in [6.07, 6.45) is -7.10. The third-order valence-corrected chi connectivity index (χ3v) is 3.44. The van der Waals surface area contributed by atoms with Gasteiger partial charge in [-0.2, -0.15) is 0 Å². The van der Waals surface area contributed by atoms with Crippen molar-refractivity contribution in [1.29, 1.82) is 0 Å². The Labute approximate surface area is 119 Å². The molecule has 1 fully saturated rings. The number of hydrogen-bond donors (Lipinski definition) is 6. The summed E-state index contributed by atoms with van der Waals surface area (Å²) in [5, 5.41) is 56.9. The monoisotopic (exact) mass is 309 g/mol. The highest BCUT2D eigenvalue weighted by molar-refractivity contribution is 5.75. The summed E-state index contributed by atoms with van der Waals surface area (Å²) in [5.41, 5.74) is 0. The third kappa shape index (κ3) is 3.48. The van der Waals surface area contributed by atoms with Crippen LogP contribution in [0.3, 0.4) is 0 Å². The van der Waals surface area contributed by atoms with E-state index < -0.39 is 55.2 Å². The molecule has 6 N–H and O–H groups in total. The lowest BCUT2D eigenvalue weighted by Crippen LogP contribution is -2.66. The van der Waals surface area contributed by atoms with E-state index in [1.54, 1.807) is 0 Å². The summed E-state index contributed by atoms with van der Waals surface area (Å²) >= 11 is 0. The van der Waals surface area contributed by atoms with Gasteiger partial charge in [0.25, 0.3) is 5.79 Å². The molecule has 0 aromatic heterocycles. The van der Waals surface area contributed by atoms with Crippen molar-refractivity contribution in [2.24, 2.45) is 0 Å². The first kappa shape index (κ1) is 17.8. The largest absolute Gasteiger partial charge is 0.477 e. The Kier molecular flexibility index (Phi) is 5.61. The smallest absolute Gasteiger partial charge is 0.364 e. The summed E-state index contributed by atoms with van der Waals surface area (Å²) in [6, 6.07) is -1.21. The van der Waals surface area contributed by atoms with Crippen LogP contribution in [-0.2, 0) is 14.3 Å². The maximum absolute atomic E-state index is 11.0. The minimum absolute atomic E-state index is 0.313. The molecule has 0 radical (unpaired) electrons. The quantitative estimate of drug-likeness (QED) is 0.268. The van der Waals surface area contributed by atoms with Crippen LogP contribution in [0.5, 0.6) is 0 Å². The molecule has 1 amide bonds. The second-order valence-corrected chi connectivity index (χ2v) is 4.95. The lowest BCUT2D eigenvalue weighted by Gasteiger charge is -2.46. The summed E-state index contributed by atoms with van der Waals surface area (Å²) < 4.78 is 4.90. The number of aliphatic hydroxyl groups excluding tert-OH is 4. The molecule has 1 rings (SSSR count). The first-order chi connectivity index (χ1) is 9.67. The predicted octanol–water partition coefficient (Wildman–Crippen LogP) is -3.92. The van der Waals surface area contributed by atoms with Crippen LogP contribution in [0.1, 0.15) is 6.42 Å². The number of amides is 1. The Morgan fingerprint density at radius 1 is 1.52 bits per heavy atom. The zero-order valence-electron chi connectivity index (χ0n) is 11.2. The van der Waals surface area contributed by atoms with Crippen molar-refractivity contribution < 1.29 is 45.0 Å². The van der Waals surface area contributed by atoms with E-state index in [1.165, 1.54) is 7.05 Å². The molecule has 6 atom stereocenters. The molecule has 0 aromatic carbocycles. The zero-order chi connectivity index (χ0) is 16.4. The van der Waals surface area contributed by atoms with Crippen LogP contribution in [0, 0.1) is 0 Å². The summed E-state index contributed by atoms with van der Waals surface area (Å²) in [6.45, 7) is -0.861. The van der Waals surface area contributed by atoms with Crippen LogP contribution < -0.4 is 0 Å². The topological polar surface area (TPSA) is 168 Å². The van der Waals surface area contributed by atoms with E-state index in [-0.39, 0.29) is 0 Å². The van der Waals surface area contributed by atoms with Gasteiger partial charge in [0.05, 0.1) is 18.8 Å². The predicted molar refractivity (Wildman–Crippen MR) is 64.8 cm³/mol. The van der Waals surface area contributed by atoms with Crippen LogP contribution in [0.25, 0.3) is 0 Å². The van der Waals surface area contributed by atoms with Crippen molar-refractivity contribution in [3.63, 3.8) is 0 Å². The van der Waals surface area contributed by atoms with E-state index in [2.05, 4.69) is 0 Å². The molecule has 1 aliphatic heterocycles. The fourth-order valence-corrected chi connectivity index (χ4v) is 2.28. The van der Waals surface area contributed by atoms with Crippen LogP contribution in [-0.4, -0.2) is 97.8 Å². The third-order valence-electron chi connectivity index (χ3n) is 3.44. The summed E-state index contributed by atoms with van der Waals surface area (Å²) in [4.78, 5) is 22.8. The molecule has 21 heavy (non-hydrogen) atoms. The number of carboxylic acids is 1. The van der Waals surface area contributed by atoms with Gasteiger partial charge < -0.3 is 40.3 Å². The number of aliphatic carboxylic acids is 1. The molecule has 1 heterocycles. The number of carboxylic acid groups (broad SMARTS) is 1. The normalized spacial score (nSPS) is 35.8. The number of nitrogens with zero attached hydrogens (tertiary/aromatic N) is 1. The van der Waals surface area contributed by atoms with E-state index in [1.807, 2.05) is 0 Å². The SMILES string of the molecule is CN(C=O)[C@H]1C([C@H](O)[C@H](O)CO)O[C@@](O)(C(=O)O)C[C@H]1O. The Hall–Kier alpha value is -1.30. The van der Waals surface area contributed by atoms with Crippen LogP contribution >= 0.6 is 0 Å². The van der Waals surface area contributed by atoms with Gasteiger partial charge in [0.1, 0.15) is 18.3 Å². The number of ether oxygens (including phenoxy) is 1. The highest BCUT2D eigenvalue weighted by Crippen LogP contribution is 2.32. The molecule has 1 unspecified atom stereocenters. The molecule has 122 valence electrons. The van der Waals surface area contributed by atoms with E-state index in [0.717, 1.165) is 4.90 Å². The van der Waals surface area contributed by atoms with E-state index >= 15 is 0 Å². The number of rotatable bonds is 6. The molecule has 1 aliphatic rings. The van der Waals surface area contributed by atoms with Gasteiger partial charge in [0, 0.05) is 13.5 Å². The fourth-order valence-electron chi connectivity index (χ4n) is 2.28. The molecule has 0 bridgehead atoms. The van der Waals surface area contributed by atoms with Crippen molar-refractivity contribution in [3.8, 4) is 0 Å². The van der Waals surface area contributed by atoms with Gasteiger partial charge in [-0.3, -0.25) is 4.79 Å². The van der Waals surface area contributed by atoms with Gasteiger partial charge in [-0.05, 0) is 0 Å². The van der Waals surface area contributed by atoms with Gasteiger partial charge in [0.2, 0.25) is 6.41 Å². The van der Waals surface area contributed by atoms with Crippen molar-refractivity contribution in [3.05, 3.63) is 0 Å². The maximum atomic E-state index is 11.0. The lowest BCUT2D eigenvalue weighted by molar-refractivity contribution is -0.301. The number of hydrogen-bond acceptors (Lipinski definition) is 8. The average molecular weight is 309 g/mol. The Balaban J connectivity index is 3.13. The maximum Gasteiger partial charge on any atom is 0.364 e. The number of carbonyl (C=O) groups excluding carboxylic acids is 1. The number of likely N-dealkylation sites (N-methyl/N-ethyl adjacent to an activating group) is 1. The van der Waals surface area contributed by atoms with Crippen LogP contribution in [0.4, 0.5) is 0 Å². The van der Waals surface area contributed by atoms with E-state index in [0.29, 0.717) is 6.41 Å². The second-order valence-electron chi connectivity index (χ2n) is 4.95. The molecule has 10 nitrogen and oxygen atoms in total. The molecule has 0 spiro atoms. The average Bonchev–Trinajstić information content (AvgIpc) is 2.43. The van der Waals surface area contributed by atoms with E-state index in [4.69, 9.17) is 14.9 Å². The molecule has 1 saturated heterocycles. The highest BCUT2D eigenvalue weighted by Gasteiger charge is 2.54. The fraction of sp³-hybridized carbons (Fsp3) is 0.818. The lowest BCUT2D eigenvalue weighted by atomic mass is 9.88. The standard InChI is InChI=1S/C11H19NO9/c1-12(4-14)7-5(15)2-11(20,10(18)19)21-9(7)8(17)6(16)3-13/h4-9,13,15-17,20H,2-3H2,1H3,(H,18,19)/t5-,6-,7-,8-,9?,11-/m1/s1. The van der Waals surface area contributed by atoms with Gasteiger partial charge in [0.15, 0.2) is 0 Å². The number of aliphatic hydroxyl groups is 5. The molecular weight excluding hydrogens is 290 g/mol. The minimum Gasteiger partial charge on any atom is -0.477 e. The minimum atomic E-state index is -2.78. The summed E-state index contributed by atoms with van der Waals surface area (Å²) in [5.74, 6) is -4.56. The first-order valence-electron chi connectivity index (χ1n) is 6.13. The molecular formula is C11H19NO9. The first-order valence-corrected chi connectivity index (χ1v) is 6.13. The molecule has 0 aromatic rings. The van der Waals surface area contributed by atoms with Gasteiger partial charge in [-0.15, -0.1) is 0 Å². The van der Waals surface area contributed by atoms with Crippen molar-refractivity contribution >= 4 is 12.4 Å². The highest BCUT2D eigenvalue weighted by atomic mass is 16.7. The molecule has 0 aliphatic carbocycles. The van der Waals surface area contributed by atoms with Crippen LogP contribution in [0.15, 0.2) is 0 Å². The van der Waals surface area contributed by atoms with Crippen LogP contribution in [0.2, 0.25) is 0 Å².